The van der Waals surface area contributed by atoms with Gasteiger partial charge >= 0.3 is 6.03 Å². The number of nitrogens with zero attached hydrogens (tertiary/aromatic N) is 2. The predicted molar refractivity (Wildman–Crippen MR) is 66.2 cm³/mol. The molecule has 4 heteroatoms. The van der Waals surface area contributed by atoms with E-state index in [9.17, 15) is 9.18 Å². The maximum Gasteiger partial charge on any atom is 0.320 e. The van der Waals surface area contributed by atoms with Crippen molar-refractivity contribution >= 4 is 6.03 Å². The van der Waals surface area contributed by atoms with Crippen molar-refractivity contribution in [1.29, 1.82) is 0 Å². The smallest absolute Gasteiger partial charge is 0.320 e. The van der Waals surface area contributed by atoms with Gasteiger partial charge in [-0.1, -0.05) is 12.1 Å². The van der Waals surface area contributed by atoms with Crippen molar-refractivity contribution < 1.29 is 9.18 Å². The van der Waals surface area contributed by atoms with E-state index in [4.69, 9.17) is 0 Å². The number of urea groups is 1. The molecule has 0 fully saturated rings. The zero-order valence-electron chi connectivity index (χ0n) is 10.6. The highest BCUT2D eigenvalue weighted by Crippen LogP contribution is 2.07. The molecule has 0 atom stereocenters. The number of rotatable bonds is 4. The Morgan fingerprint density at radius 3 is 2.47 bits per heavy atom. The van der Waals surface area contributed by atoms with Crippen LogP contribution in [0.5, 0.6) is 0 Å². The molecular weight excluding hydrogens is 219 g/mol. The number of benzene rings is 1. The van der Waals surface area contributed by atoms with Gasteiger partial charge in [-0.15, -0.1) is 0 Å². The summed E-state index contributed by atoms with van der Waals surface area (Å²) in [6.45, 7) is 5.67. The molecule has 17 heavy (non-hydrogen) atoms. The topological polar surface area (TPSA) is 23.6 Å². The first-order chi connectivity index (χ1) is 8.08. The second-order valence-electron chi connectivity index (χ2n) is 3.94. The van der Waals surface area contributed by atoms with Crippen LogP contribution in [0.4, 0.5) is 9.18 Å². The lowest BCUT2D eigenvalue weighted by molar-refractivity contribution is 0.165. The Morgan fingerprint density at radius 2 is 1.94 bits per heavy atom. The van der Waals surface area contributed by atoms with E-state index < -0.39 is 0 Å². The van der Waals surface area contributed by atoms with Gasteiger partial charge in [0.25, 0.3) is 0 Å². The summed E-state index contributed by atoms with van der Waals surface area (Å²) in [4.78, 5) is 15.3. The van der Waals surface area contributed by atoms with E-state index >= 15 is 0 Å². The van der Waals surface area contributed by atoms with Gasteiger partial charge < -0.3 is 9.80 Å². The number of carbonyl (C=O) groups excluding carboxylic acids is 1. The van der Waals surface area contributed by atoms with E-state index in [0.29, 0.717) is 19.6 Å². The lowest BCUT2D eigenvalue weighted by atomic mass is 10.2. The number of amides is 2. The average Bonchev–Trinajstić information content (AvgIpc) is 2.30. The van der Waals surface area contributed by atoms with Crippen LogP contribution in [0.25, 0.3) is 0 Å². The first kappa shape index (κ1) is 13.5. The molecule has 1 aromatic rings. The number of halogens is 1. The lowest BCUT2D eigenvalue weighted by Crippen LogP contribution is -2.40. The molecule has 0 saturated carbocycles. The van der Waals surface area contributed by atoms with E-state index in [-0.39, 0.29) is 11.8 Å². The quantitative estimate of drug-likeness (QED) is 0.791. The largest absolute Gasteiger partial charge is 0.325 e. The average molecular weight is 238 g/mol. The van der Waals surface area contributed by atoms with Gasteiger partial charge in [-0.2, -0.15) is 0 Å². The molecule has 0 saturated heterocycles. The minimum absolute atomic E-state index is 0.0285. The van der Waals surface area contributed by atoms with Crippen molar-refractivity contribution in [3.05, 3.63) is 35.6 Å². The van der Waals surface area contributed by atoms with Gasteiger partial charge in [-0.3, -0.25) is 0 Å². The van der Waals surface area contributed by atoms with Gasteiger partial charge in [-0.05, 0) is 31.5 Å². The number of hydrogen-bond donors (Lipinski definition) is 0. The molecule has 0 aliphatic heterocycles. The van der Waals surface area contributed by atoms with Gasteiger partial charge in [0, 0.05) is 26.7 Å². The zero-order chi connectivity index (χ0) is 12.8. The van der Waals surface area contributed by atoms with Crippen molar-refractivity contribution in [2.75, 3.05) is 20.1 Å². The number of carbonyl (C=O) groups is 1. The van der Waals surface area contributed by atoms with Crippen LogP contribution in [-0.4, -0.2) is 36.0 Å². The van der Waals surface area contributed by atoms with Crippen LogP contribution in [-0.2, 0) is 6.54 Å². The van der Waals surface area contributed by atoms with Crippen molar-refractivity contribution in [2.45, 2.75) is 20.4 Å². The Labute approximate surface area is 102 Å². The fraction of sp³-hybridized carbons (Fsp3) is 0.462. The van der Waals surface area contributed by atoms with Crippen molar-refractivity contribution in [2.24, 2.45) is 0 Å². The van der Waals surface area contributed by atoms with Crippen LogP contribution in [0.1, 0.15) is 19.4 Å². The summed E-state index contributed by atoms with van der Waals surface area (Å²) in [5.74, 6) is -0.272. The third kappa shape index (κ3) is 3.73. The fourth-order valence-corrected chi connectivity index (χ4v) is 1.71. The molecular formula is C13H19FN2O. The van der Waals surface area contributed by atoms with Crippen LogP contribution < -0.4 is 0 Å². The zero-order valence-corrected chi connectivity index (χ0v) is 10.6. The Bertz CT molecular complexity index is 377. The molecule has 0 N–H and O–H groups in total. The first-order valence-corrected chi connectivity index (χ1v) is 5.83. The Hall–Kier alpha value is -1.58. The van der Waals surface area contributed by atoms with E-state index in [1.807, 2.05) is 19.9 Å². The summed E-state index contributed by atoms with van der Waals surface area (Å²) < 4.78 is 13.0. The first-order valence-electron chi connectivity index (χ1n) is 5.83. The maximum absolute atomic E-state index is 13.0. The molecule has 0 bridgehead atoms. The van der Waals surface area contributed by atoms with E-state index in [2.05, 4.69) is 0 Å². The lowest BCUT2D eigenvalue weighted by Gasteiger charge is -2.26. The molecule has 0 radical (unpaired) electrons. The van der Waals surface area contributed by atoms with E-state index in [0.717, 1.165) is 5.56 Å². The van der Waals surface area contributed by atoms with Crippen molar-refractivity contribution in [1.82, 2.24) is 9.80 Å². The highest BCUT2D eigenvalue weighted by molar-refractivity contribution is 5.74. The van der Waals surface area contributed by atoms with Gasteiger partial charge in [0.2, 0.25) is 0 Å². The Kier molecular flexibility index (Phi) is 4.94. The van der Waals surface area contributed by atoms with Gasteiger partial charge in [0.1, 0.15) is 5.82 Å². The summed E-state index contributed by atoms with van der Waals surface area (Å²) in [5, 5.41) is 0. The summed E-state index contributed by atoms with van der Waals surface area (Å²) in [6.07, 6.45) is 0. The van der Waals surface area contributed by atoms with Crippen LogP contribution >= 0.6 is 0 Å². The van der Waals surface area contributed by atoms with Crippen LogP contribution in [0.15, 0.2) is 24.3 Å². The molecule has 0 aliphatic rings. The standard InChI is InChI=1S/C13H19FN2O/c1-4-16(5-2)13(17)15(3)10-11-7-6-8-12(14)9-11/h6-9H,4-5,10H2,1-3H3. The van der Waals surface area contributed by atoms with E-state index in [1.54, 1.807) is 22.9 Å². The molecule has 1 aromatic carbocycles. The van der Waals surface area contributed by atoms with Crippen LogP contribution in [0, 0.1) is 5.82 Å². The molecule has 2 amide bonds. The predicted octanol–water partition coefficient (Wildman–Crippen LogP) is 2.72. The second kappa shape index (κ2) is 6.23. The Morgan fingerprint density at radius 1 is 1.29 bits per heavy atom. The molecule has 0 heterocycles. The molecule has 3 nitrogen and oxygen atoms in total. The summed E-state index contributed by atoms with van der Waals surface area (Å²) in [6, 6.07) is 6.29. The Balaban J connectivity index is 2.65. The SMILES string of the molecule is CCN(CC)C(=O)N(C)Cc1cccc(F)c1. The minimum atomic E-state index is -0.272. The number of hydrogen-bond acceptors (Lipinski definition) is 1. The third-order valence-corrected chi connectivity index (χ3v) is 2.67. The van der Waals surface area contributed by atoms with Crippen molar-refractivity contribution in [3.8, 4) is 0 Å². The molecule has 0 aliphatic carbocycles. The fourth-order valence-electron chi connectivity index (χ4n) is 1.71. The second-order valence-corrected chi connectivity index (χ2v) is 3.94. The third-order valence-electron chi connectivity index (χ3n) is 2.67. The van der Waals surface area contributed by atoms with Crippen LogP contribution in [0.3, 0.4) is 0 Å². The van der Waals surface area contributed by atoms with Crippen LogP contribution in [0.2, 0.25) is 0 Å². The molecule has 0 unspecified atom stereocenters. The summed E-state index contributed by atoms with van der Waals surface area (Å²) >= 11 is 0. The summed E-state index contributed by atoms with van der Waals surface area (Å²) in [7, 11) is 1.73. The monoisotopic (exact) mass is 238 g/mol. The van der Waals surface area contributed by atoms with Gasteiger partial charge in [-0.25, -0.2) is 9.18 Å². The summed E-state index contributed by atoms with van der Waals surface area (Å²) in [5.41, 5.74) is 0.799. The van der Waals surface area contributed by atoms with E-state index in [1.165, 1.54) is 12.1 Å². The molecule has 0 spiro atoms. The van der Waals surface area contributed by atoms with Gasteiger partial charge in [0.15, 0.2) is 0 Å². The normalized spacial score (nSPS) is 10.1. The highest BCUT2D eigenvalue weighted by atomic mass is 19.1. The molecule has 94 valence electrons. The maximum atomic E-state index is 13.0. The molecule has 1 rings (SSSR count). The highest BCUT2D eigenvalue weighted by Gasteiger charge is 2.14. The van der Waals surface area contributed by atoms with Crippen molar-refractivity contribution in [3.63, 3.8) is 0 Å². The molecule has 0 aromatic heterocycles. The van der Waals surface area contributed by atoms with Gasteiger partial charge in [0.05, 0.1) is 0 Å². The minimum Gasteiger partial charge on any atom is -0.325 e.